The molecule has 5 nitrogen and oxygen atoms in total. The third-order valence-electron chi connectivity index (χ3n) is 2.37. The first-order chi connectivity index (χ1) is 9.25. The van der Waals surface area contributed by atoms with Crippen LogP contribution < -0.4 is 10.6 Å². The van der Waals surface area contributed by atoms with E-state index in [1.54, 1.807) is 30.6 Å². The van der Waals surface area contributed by atoms with Gasteiger partial charge in [-0.05, 0) is 23.1 Å². The number of amides is 2. The largest absolute Gasteiger partial charge is 0.350 e. The first-order valence-electron chi connectivity index (χ1n) is 5.73. The number of nitrogens with one attached hydrogen (secondary N) is 2. The maximum Gasteiger partial charge on any atom is 0.261 e. The van der Waals surface area contributed by atoms with E-state index in [1.807, 2.05) is 11.4 Å². The number of hydrogen-bond donors (Lipinski definition) is 2. The topological polar surface area (TPSA) is 71.1 Å². The summed E-state index contributed by atoms with van der Waals surface area (Å²) in [5.74, 6) is -0.458. The van der Waals surface area contributed by atoms with Gasteiger partial charge in [0.15, 0.2) is 0 Å². The highest BCUT2D eigenvalue weighted by Crippen LogP contribution is 2.07. The molecule has 19 heavy (non-hydrogen) atoms. The Balaban J connectivity index is 1.72. The van der Waals surface area contributed by atoms with E-state index in [1.165, 1.54) is 11.3 Å². The predicted octanol–water partition coefficient (Wildman–Crippen LogP) is 1.19. The van der Waals surface area contributed by atoms with Gasteiger partial charge in [0.2, 0.25) is 5.91 Å². The minimum atomic E-state index is -0.230. The van der Waals surface area contributed by atoms with Crippen LogP contribution in [0.2, 0.25) is 0 Å². The first kappa shape index (κ1) is 13.2. The second kappa shape index (κ2) is 6.65. The van der Waals surface area contributed by atoms with Gasteiger partial charge in [0.05, 0.1) is 11.4 Å². The van der Waals surface area contributed by atoms with E-state index in [9.17, 15) is 9.59 Å². The van der Waals surface area contributed by atoms with E-state index >= 15 is 0 Å². The average molecular weight is 275 g/mol. The number of carbonyl (C=O) groups is 2. The zero-order valence-corrected chi connectivity index (χ0v) is 10.9. The second-order valence-corrected chi connectivity index (χ2v) is 4.75. The zero-order chi connectivity index (χ0) is 13.5. The Morgan fingerprint density at radius 3 is 2.79 bits per heavy atom. The van der Waals surface area contributed by atoms with E-state index in [-0.39, 0.29) is 18.4 Å². The molecule has 0 fully saturated rings. The van der Waals surface area contributed by atoms with Crippen molar-refractivity contribution in [3.05, 3.63) is 52.5 Å². The van der Waals surface area contributed by atoms with Crippen LogP contribution in [0.1, 0.15) is 15.2 Å². The van der Waals surface area contributed by atoms with Crippen molar-refractivity contribution in [3.63, 3.8) is 0 Å². The Morgan fingerprint density at radius 1 is 1.21 bits per heavy atom. The van der Waals surface area contributed by atoms with Crippen molar-refractivity contribution < 1.29 is 9.59 Å². The van der Waals surface area contributed by atoms with Gasteiger partial charge in [-0.2, -0.15) is 0 Å². The van der Waals surface area contributed by atoms with Gasteiger partial charge < -0.3 is 10.6 Å². The Kier molecular flexibility index (Phi) is 4.63. The molecule has 0 aromatic carbocycles. The highest BCUT2D eigenvalue weighted by molar-refractivity contribution is 7.12. The highest BCUT2D eigenvalue weighted by Gasteiger charge is 2.08. The molecule has 0 saturated heterocycles. The summed E-state index contributed by atoms with van der Waals surface area (Å²) in [4.78, 5) is 27.7. The summed E-state index contributed by atoms with van der Waals surface area (Å²) in [6, 6.07) is 7.19. The molecule has 0 unspecified atom stereocenters. The summed E-state index contributed by atoms with van der Waals surface area (Å²) in [6.45, 7) is 0.374. The molecule has 98 valence electrons. The van der Waals surface area contributed by atoms with Crippen molar-refractivity contribution >= 4 is 23.2 Å². The van der Waals surface area contributed by atoms with Crippen LogP contribution in [0.3, 0.4) is 0 Å². The maximum absolute atomic E-state index is 11.6. The molecular formula is C13H13N3O2S. The van der Waals surface area contributed by atoms with Gasteiger partial charge in [0.25, 0.3) is 5.91 Å². The molecule has 2 amide bonds. The Hall–Kier alpha value is -2.21. The molecule has 0 atom stereocenters. The van der Waals surface area contributed by atoms with E-state index in [0.29, 0.717) is 11.4 Å². The molecular weight excluding hydrogens is 262 g/mol. The van der Waals surface area contributed by atoms with Crippen molar-refractivity contribution in [2.75, 3.05) is 6.54 Å². The van der Waals surface area contributed by atoms with Crippen molar-refractivity contribution in [1.82, 2.24) is 15.6 Å². The maximum atomic E-state index is 11.6. The molecule has 2 heterocycles. The molecule has 2 rings (SSSR count). The summed E-state index contributed by atoms with van der Waals surface area (Å²) in [5, 5.41) is 7.09. The number of thiophene rings is 1. The van der Waals surface area contributed by atoms with Gasteiger partial charge in [-0.1, -0.05) is 12.1 Å². The van der Waals surface area contributed by atoms with Crippen LogP contribution in [0.4, 0.5) is 0 Å². The van der Waals surface area contributed by atoms with Crippen LogP contribution in [0.25, 0.3) is 0 Å². The normalized spacial score (nSPS) is 9.89. The monoisotopic (exact) mass is 275 g/mol. The lowest BCUT2D eigenvalue weighted by atomic mass is 10.3. The lowest BCUT2D eigenvalue weighted by Gasteiger charge is -2.06. The zero-order valence-electron chi connectivity index (χ0n) is 10.1. The van der Waals surface area contributed by atoms with Crippen LogP contribution in [0.5, 0.6) is 0 Å². The highest BCUT2D eigenvalue weighted by atomic mass is 32.1. The number of hydrogen-bond acceptors (Lipinski definition) is 4. The van der Waals surface area contributed by atoms with Crippen molar-refractivity contribution in [3.8, 4) is 0 Å². The molecule has 0 saturated carbocycles. The third-order valence-corrected chi connectivity index (χ3v) is 3.24. The fourth-order valence-corrected chi connectivity index (χ4v) is 2.06. The fourth-order valence-electron chi connectivity index (χ4n) is 1.42. The van der Waals surface area contributed by atoms with Gasteiger partial charge in [-0.25, -0.2) is 0 Å². The van der Waals surface area contributed by atoms with Gasteiger partial charge in [0.1, 0.15) is 0 Å². The Bertz CT molecular complexity index is 540. The fraction of sp³-hybridized carbons (Fsp3) is 0.154. The Morgan fingerprint density at radius 2 is 2.11 bits per heavy atom. The van der Waals surface area contributed by atoms with Crippen molar-refractivity contribution in [1.29, 1.82) is 0 Å². The summed E-state index contributed by atoms with van der Waals surface area (Å²) in [5.41, 5.74) is 0.917. The first-order valence-corrected chi connectivity index (χ1v) is 6.61. The molecule has 0 radical (unpaired) electrons. The number of aromatic nitrogens is 1. The van der Waals surface area contributed by atoms with Crippen molar-refractivity contribution in [2.24, 2.45) is 0 Å². The van der Waals surface area contributed by atoms with Crippen LogP contribution >= 0.6 is 11.3 Å². The lowest BCUT2D eigenvalue weighted by molar-refractivity contribution is -0.120. The SMILES string of the molecule is O=C(CNC(=O)c1cccs1)NCc1cccnc1. The van der Waals surface area contributed by atoms with E-state index in [4.69, 9.17) is 0 Å². The summed E-state index contributed by atoms with van der Waals surface area (Å²) in [7, 11) is 0. The second-order valence-electron chi connectivity index (χ2n) is 3.80. The molecule has 6 heteroatoms. The van der Waals surface area contributed by atoms with Crippen LogP contribution in [0, 0.1) is 0 Å². The molecule has 0 aliphatic heterocycles. The third kappa shape index (κ3) is 4.18. The van der Waals surface area contributed by atoms with Gasteiger partial charge in [-0.3, -0.25) is 14.6 Å². The standard InChI is InChI=1S/C13H13N3O2S/c17-12(15-8-10-3-1-5-14-7-10)9-16-13(18)11-4-2-6-19-11/h1-7H,8-9H2,(H,15,17)(H,16,18). The predicted molar refractivity (Wildman–Crippen MR) is 72.7 cm³/mol. The van der Waals surface area contributed by atoms with Crippen LogP contribution in [0.15, 0.2) is 42.0 Å². The summed E-state index contributed by atoms with van der Waals surface area (Å²) >= 11 is 1.34. The van der Waals surface area contributed by atoms with Crippen LogP contribution in [-0.2, 0) is 11.3 Å². The molecule has 0 bridgehead atoms. The smallest absolute Gasteiger partial charge is 0.261 e. The Labute approximate surface area is 114 Å². The lowest BCUT2D eigenvalue weighted by Crippen LogP contribution is -2.36. The molecule has 2 N–H and O–H groups in total. The minimum Gasteiger partial charge on any atom is -0.350 e. The number of rotatable bonds is 5. The molecule has 0 aliphatic carbocycles. The van der Waals surface area contributed by atoms with Gasteiger partial charge in [-0.15, -0.1) is 11.3 Å². The summed E-state index contributed by atoms with van der Waals surface area (Å²) in [6.07, 6.45) is 3.36. The quantitative estimate of drug-likeness (QED) is 0.861. The number of nitrogens with zero attached hydrogens (tertiary/aromatic N) is 1. The van der Waals surface area contributed by atoms with Crippen molar-refractivity contribution in [2.45, 2.75) is 6.54 Å². The van der Waals surface area contributed by atoms with Gasteiger partial charge >= 0.3 is 0 Å². The van der Waals surface area contributed by atoms with E-state index < -0.39 is 0 Å². The van der Waals surface area contributed by atoms with E-state index in [2.05, 4.69) is 15.6 Å². The minimum absolute atomic E-state index is 0.0308. The van der Waals surface area contributed by atoms with E-state index in [0.717, 1.165) is 5.56 Å². The number of carbonyl (C=O) groups excluding carboxylic acids is 2. The van der Waals surface area contributed by atoms with Gasteiger partial charge in [0, 0.05) is 18.9 Å². The molecule has 0 spiro atoms. The summed E-state index contributed by atoms with van der Waals surface area (Å²) < 4.78 is 0. The molecule has 2 aromatic heterocycles. The number of pyridine rings is 1. The molecule has 0 aliphatic rings. The molecule has 2 aromatic rings. The van der Waals surface area contributed by atoms with Crippen LogP contribution in [-0.4, -0.2) is 23.3 Å². The average Bonchev–Trinajstić information content (AvgIpc) is 2.98.